The summed E-state index contributed by atoms with van der Waals surface area (Å²) in [7, 11) is 0. The molecule has 0 aromatic heterocycles. The van der Waals surface area contributed by atoms with Gasteiger partial charge in [-0.3, -0.25) is 29.8 Å². The second-order valence-electron chi connectivity index (χ2n) is 7.18. The minimum absolute atomic E-state index is 0.108. The molecule has 0 saturated heterocycles. The number of anilines is 4. The van der Waals surface area contributed by atoms with Crippen LogP contribution in [0.3, 0.4) is 0 Å². The Kier molecular flexibility index (Phi) is 5.70. The summed E-state index contributed by atoms with van der Waals surface area (Å²) in [6, 6.07) is 15.4. The molecule has 3 N–H and O–H groups in total. The van der Waals surface area contributed by atoms with E-state index in [2.05, 4.69) is 20.9 Å². The highest BCUT2D eigenvalue weighted by Gasteiger charge is 2.27. The first-order valence-corrected chi connectivity index (χ1v) is 9.84. The van der Waals surface area contributed by atoms with Crippen LogP contribution in [0.15, 0.2) is 65.7 Å². The number of nitrogens with zero attached hydrogens (tertiary/aromatic N) is 3. The van der Waals surface area contributed by atoms with Crippen molar-refractivity contribution in [1.29, 1.82) is 0 Å². The van der Waals surface area contributed by atoms with Gasteiger partial charge in [-0.2, -0.15) is 0 Å². The molecule has 3 aromatic rings. The average Bonchev–Trinajstić information content (AvgIpc) is 3.09. The Morgan fingerprint density at radius 1 is 0.912 bits per heavy atom. The molecule has 0 bridgehead atoms. The van der Waals surface area contributed by atoms with E-state index in [1.807, 2.05) is 0 Å². The van der Waals surface area contributed by atoms with Gasteiger partial charge in [-0.25, -0.2) is 4.99 Å². The molecule has 1 aliphatic heterocycles. The lowest BCUT2D eigenvalue weighted by Gasteiger charge is -2.12. The van der Waals surface area contributed by atoms with Gasteiger partial charge in [-0.15, -0.1) is 0 Å². The van der Waals surface area contributed by atoms with Gasteiger partial charge in [0, 0.05) is 12.5 Å². The van der Waals surface area contributed by atoms with Crippen LogP contribution < -0.4 is 16.0 Å². The first-order valence-electron chi connectivity index (χ1n) is 9.84. The zero-order chi connectivity index (χ0) is 24.4. The molecule has 0 atom stereocenters. The van der Waals surface area contributed by atoms with E-state index in [1.165, 1.54) is 0 Å². The van der Waals surface area contributed by atoms with Gasteiger partial charge in [0.15, 0.2) is 0 Å². The summed E-state index contributed by atoms with van der Waals surface area (Å²) in [6.45, 7) is 1.16. The molecule has 34 heavy (non-hydrogen) atoms. The van der Waals surface area contributed by atoms with Crippen LogP contribution in [0.25, 0.3) is 0 Å². The Morgan fingerprint density at radius 2 is 1.56 bits per heavy atom. The quantitative estimate of drug-likeness (QED) is 0.364. The number of nitro benzene ring substituents is 2. The van der Waals surface area contributed by atoms with Crippen molar-refractivity contribution < 1.29 is 19.4 Å². The Morgan fingerprint density at radius 3 is 2.26 bits per heavy atom. The molecule has 2 amide bonds. The lowest BCUT2D eigenvalue weighted by molar-refractivity contribution is -0.393. The van der Waals surface area contributed by atoms with Crippen LogP contribution in [0, 0.1) is 20.2 Å². The number of carbonyl (C=O) groups is 2. The van der Waals surface area contributed by atoms with E-state index in [0.717, 1.165) is 19.1 Å². The number of aliphatic imine (C=N–C) groups is 1. The molecule has 0 spiro atoms. The van der Waals surface area contributed by atoms with Gasteiger partial charge in [0.25, 0.3) is 17.3 Å². The Hall–Kier alpha value is -5.13. The molecule has 0 aliphatic carbocycles. The molecular weight excluding hydrogens is 444 g/mol. The number of nitrogens with one attached hydrogen (secondary N) is 3. The van der Waals surface area contributed by atoms with Crippen molar-refractivity contribution in [3.05, 3.63) is 86.5 Å². The number of hydrogen-bond acceptors (Lipinski definition) is 8. The predicted molar refractivity (Wildman–Crippen MR) is 125 cm³/mol. The number of fused-ring (bicyclic) bond motifs is 1. The Bertz CT molecular complexity index is 1400. The standard InChI is InChI=1S/C22H16N6O6/c1-12(29)23-17-10-18(20(28(33)34)11-19(17)27(31)32)24-15-8-4-5-9-16(15)25-21-13-6-2-3-7-14(13)26-22(21)30/h2-11,24H,1H3,(H,23,29)(H,25,26,30). The van der Waals surface area contributed by atoms with Gasteiger partial charge < -0.3 is 16.0 Å². The van der Waals surface area contributed by atoms with Gasteiger partial charge in [-0.1, -0.05) is 30.3 Å². The van der Waals surface area contributed by atoms with Crippen molar-refractivity contribution in [1.82, 2.24) is 0 Å². The molecule has 170 valence electrons. The minimum atomic E-state index is -0.821. The normalized spacial score (nSPS) is 13.2. The third kappa shape index (κ3) is 4.27. The highest BCUT2D eigenvalue weighted by atomic mass is 16.6. The lowest BCUT2D eigenvalue weighted by Crippen LogP contribution is -2.14. The van der Waals surface area contributed by atoms with Gasteiger partial charge in [0.05, 0.1) is 33.0 Å². The number of hydrogen-bond donors (Lipinski definition) is 3. The van der Waals surface area contributed by atoms with Crippen LogP contribution in [0.1, 0.15) is 12.5 Å². The lowest BCUT2D eigenvalue weighted by atomic mass is 10.1. The molecule has 3 aromatic carbocycles. The largest absolute Gasteiger partial charge is 0.348 e. The molecule has 0 unspecified atom stereocenters. The summed E-state index contributed by atoms with van der Waals surface area (Å²) in [5.41, 5.74) is 0.478. The maximum Gasteiger partial charge on any atom is 0.299 e. The molecule has 12 nitrogen and oxygen atoms in total. The summed E-state index contributed by atoms with van der Waals surface area (Å²) in [4.78, 5) is 49.8. The van der Waals surface area contributed by atoms with E-state index in [-0.39, 0.29) is 17.1 Å². The van der Waals surface area contributed by atoms with Crippen molar-refractivity contribution >= 4 is 57.3 Å². The van der Waals surface area contributed by atoms with Crippen LogP contribution in [-0.4, -0.2) is 27.4 Å². The van der Waals surface area contributed by atoms with E-state index >= 15 is 0 Å². The second-order valence-corrected chi connectivity index (χ2v) is 7.18. The minimum Gasteiger partial charge on any atom is -0.348 e. The van der Waals surface area contributed by atoms with Crippen molar-refractivity contribution in [2.24, 2.45) is 4.99 Å². The smallest absolute Gasteiger partial charge is 0.299 e. The predicted octanol–water partition coefficient (Wildman–Crippen LogP) is 4.28. The SMILES string of the molecule is CC(=O)Nc1cc(Nc2ccccc2N=C2C(=O)Nc3ccccc32)c([N+](=O)[O-])cc1[N+](=O)[O-]. The monoisotopic (exact) mass is 460 g/mol. The number of amides is 2. The zero-order valence-corrected chi connectivity index (χ0v) is 17.6. The fourth-order valence-corrected chi connectivity index (χ4v) is 3.43. The molecule has 0 saturated carbocycles. The van der Waals surface area contributed by atoms with E-state index in [4.69, 9.17) is 0 Å². The number of carbonyl (C=O) groups excluding carboxylic acids is 2. The summed E-state index contributed by atoms with van der Waals surface area (Å²) in [5, 5.41) is 30.9. The first kappa shape index (κ1) is 22.1. The van der Waals surface area contributed by atoms with E-state index < -0.39 is 33.0 Å². The molecule has 0 fully saturated rings. The van der Waals surface area contributed by atoms with E-state index in [1.54, 1.807) is 48.5 Å². The summed E-state index contributed by atoms with van der Waals surface area (Å²) < 4.78 is 0. The fraction of sp³-hybridized carbons (Fsp3) is 0.0455. The van der Waals surface area contributed by atoms with Crippen LogP contribution in [0.5, 0.6) is 0 Å². The summed E-state index contributed by atoms with van der Waals surface area (Å²) >= 11 is 0. The third-order valence-electron chi connectivity index (χ3n) is 4.87. The summed E-state index contributed by atoms with van der Waals surface area (Å²) in [6.07, 6.45) is 0. The van der Waals surface area contributed by atoms with Gasteiger partial charge in [0.1, 0.15) is 17.1 Å². The van der Waals surface area contributed by atoms with Crippen LogP contribution >= 0.6 is 0 Å². The van der Waals surface area contributed by atoms with Crippen molar-refractivity contribution in [3.63, 3.8) is 0 Å². The molecule has 12 heteroatoms. The Balaban J connectivity index is 1.80. The van der Waals surface area contributed by atoms with E-state index in [0.29, 0.717) is 22.6 Å². The van der Waals surface area contributed by atoms with Crippen molar-refractivity contribution in [2.45, 2.75) is 6.92 Å². The number of para-hydroxylation sites is 3. The third-order valence-corrected chi connectivity index (χ3v) is 4.87. The number of nitro groups is 2. The topological polar surface area (TPSA) is 169 Å². The maximum absolute atomic E-state index is 12.4. The summed E-state index contributed by atoms with van der Waals surface area (Å²) in [5.74, 6) is -0.981. The van der Waals surface area contributed by atoms with Gasteiger partial charge in [0.2, 0.25) is 5.91 Å². The van der Waals surface area contributed by atoms with Crippen LogP contribution in [0.2, 0.25) is 0 Å². The van der Waals surface area contributed by atoms with Crippen molar-refractivity contribution in [3.8, 4) is 0 Å². The van der Waals surface area contributed by atoms with Crippen LogP contribution in [0.4, 0.5) is 39.8 Å². The fourth-order valence-electron chi connectivity index (χ4n) is 3.43. The Labute approximate surface area is 191 Å². The molecule has 0 radical (unpaired) electrons. The number of benzene rings is 3. The first-order chi connectivity index (χ1) is 16.2. The van der Waals surface area contributed by atoms with Gasteiger partial charge in [-0.05, 0) is 24.3 Å². The molecular formula is C22H16N6O6. The molecule has 4 rings (SSSR count). The molecule has 1 aliphatic rings. The highest BCUT2D eigenvalue weighted by molar-refractivity contribution is 6.54. The zero-order valence-electron chi connectivity index (χ0n) is 17.6. The van der Waals surface area contributed by atoms with Gasteiger partial charge >= 0.3 is 0 Å². The average molecular weight is 460 g/mol. The maximum atomic E-state index is 12.4. The van der Waals surface area contributed by atoms with Crippen LogP contribution in [-0.2, 0) is 9.59 Å². The highest BCUT2D eigenvalue weighted by Crippen LogP contribution is 2.39. The second kappa shape index (κ2) is 8.78. The van der Waals surface area contributed by atoms with Crippen molar-refractivity contribution in [2.75, 3.05) is 16.0 Å². The van der Waals surface area contributed by atoms with E-state index in [9.17, 15) is 29.8 Å². The molecule has 1 heterocycles. The number of rotatable bonds is 6.